The molecule has 1 aromatic rings. The van der Waals surface area contributed by atoms with E-state index < -0.39 is 10.0 Å². The highest BCUT2D eigenvalue weighted by atomic mass is 32.2. The molecule has 0 radical (unpaired) electrons. The molecule has 2 aliphatic heterocycles. The molecule has 0 aliphatic carbocycles. The summed E-state index contributed by atoms with van der Waals surface area (Å²) in [7, 11) is -1.65. The van der Waals surface area contributed by atoms with E-state index in [1.54, 1.807) is 22.5 Å². The quantitative estimate of drug-likeness (QED) is 0.869. The Kier molecular flexibility index (Phi) is 4.70. The third kappa shape index (κ3) is 3.27. The molecule has 0 aromatic heterocycles. The van der Waals surface area contributed by atoms with E-state index >= 15 is 0 Å². The highest BCUT2D eigenvalue weighted by Gasteiger charge is 2.35. The number of likely N-dealkylation sites (N-methyl/N-ethyl adjacent to an activating group) is 1. The van der Waals surface area contributed by atoms with Crippen molar-refractivity contribution in [1.29, 1.82) is 0 Å². The minimum absolute atomic E-state index is 0.00650. The van der Waals surface area contributed by atoms with E-state index in [2.05, 4.69) is 10.6 Å². The number of fused-ring (bicyclic) bond motifs is 1. The fourth-order valence-corrected chi connectivity index (χ4v) is 5.16. The number of nitrogens with one attached hydrogen (secondary N) is 2. The summed E-state index contributed by atoms with van der Waals surface area (Å²) in [5, 5.41) is 5.91. The number of aryl methyl sites for hydroxylation is 1. The van der Waals surface area contributed by atoms with Crippen LogP contribution in [-0.4, -0.2) is 44.8 Å². The zero-order valence-corrected chi connectivity index (χ0v) is 14.2. The molecule has 0 spiro atoms. The van der Waals surface area contributed by atoms with Gasteiger partial charge in [0.05, 0.1) is 4.90 Å². The smallest absolute Gasteiger partial charge is 0.243 e. The van der Waals surface area contributed by atoms with Gasteiger partial charge in [-0.25, -0.2) is 8.42 Å². The molecule has 1 aromatic carbocycles. The zero-order chi connectivity index (χ0) is 16.4. The number of hydrogen-bond donors (Lipinski definition) is 2. The number of sulfonamides is 1. The lowest BCUT2D eigenvalue weighted by atomic mass is 10.1. The summed E-state index contributed by atoms with van der Waals surface area (Å²) in [6, 6.07) is 5.07. The summed E-state index contributed by atoms with van der Waals surface area (Å²) < 4.78 is 27.5. The van der Waals surface area contributed by atoms with E-state index in [0.29, 0.717) is 24.4 Å². The minimum atomic E-state index is -3.49. The van der Waals surface area contributed by atoms with Gasteiger partial charge < -0.3 is 10.6 Å². The highest BCUT2D eigenvalue weighted by molar-refractivity contribution is 7.89. The Labute approximate surface area is 137 Å². The van der Waals surface area contributed by atoms with Gasteiger partial charge in [0.25, 0.3) is 0 Å². The van der Waals surface area contributed by atoms with Gasteiger partial charge in [0.2, 0.25) is 15.9 Å². The van der Waals surface area contributed by atoms with E-state index in [4.69, 9.17) is 0 Å². The van der Waals surface area contributed by atoms with Crippen LogP contribution in [0.1, 0.15) is 31.2 Å². The number of rotatable bonds is 4. The monoisotopic (exact) mass is 337 g/mol. The van der Waals surface area contributed by atoms with Crippen LogP contribution in [0.2, 0.25) is 0 Å². The molecule has 0 bridgehead atoms. The maximum atomic E-state index is 13.0. The van der Waals surface area contributed by atoms with Crippen molar-refractivity contribution in [2.75, 3.05) is 25.5 Å². The van der Waals surface area contributed by atoms with Crippen molar-refractivity contribution in [3.05, 3.63) is 23.8 Å². The molecule has 1 fully saturated rings. The molecule has 3 rings (SSSR count). The summed E-state index contributed by atoms with van der Waals surface area (Å²) in [4.78, 5) is 11.9. The van der Waals surface area contributed by atoms with Crippen LogP contribution in [0.25, 0.3) is 0 Å². The molecular weight excluding hydrogens is 314 g/mol. The summed E-state index contributed by atoms with van der Waals surface area (Å²) in [6.45, 7) is 1.24. The number of nitrogens with zero attached hydrogens (tertiary/aromatic N) is 1. The molecule has 0 saturated carbocycles. The second-order valence-electron chi connectivity index (χ2n) is 6.19. The van der Waals surface area contributed by atoms with Crippen molar-refractivity contribution in [1.82, 2.24) is 9.62 Å². The largest absolute Gasteiger partial charge is 0.326 e. The summed E-state index contributed by atoms with van der Waals surface area (Å²) >= 11 is 0. The number of benzene rings is 1. The predicted octanol–water partition coefficient (Wildman–Crippen LogP) is 1.33. The Bertz CT molecular complexity index is 703. The van der Waals surface area contributed by atoms with Crippen LogP contribution >= 0.6 is 0 Å². The highest BCUT2D eigenvalue weighted by Crippen LogP contribution is 2.30. The van der Waals surface area contributed by atoms with Gasteiger partial charge in [-0.1, -0.05) is 0 Å². The van der Waals surface area contributed by atoms with Gasteiger partial charge in [0.1, 0.15) is 0 Å². The fraction of sp³-hybridized carbons (Fsp3) is 0.562. The molecule has 1 amide bonds. The van der Waals surface area contributed by atoms with E-state index in [-0.39, 0.29) is 11.9 Å². The Balaban J connectivity index is 1.91. The maximum Gasteiger partial charge on any atom is 0.243 e. The van der Waals surface area contributed by atoms with E-state index in [1.165, 1.54) is 0 Å². The molecule has 6 nitrogen and oxygen atoms in total. The van der Waals surface area contributed by atoms with Crippen molar-refractivity contribution < 1.29 is 13.2 Å². The predicted molar refractivity (Wildman–Crippen MR) is 88.9 cm³/mol. The van der Waals surface area contributed by atoms with Gasteiger partial charge in [-0.2, -0.15) is 4.31 Å². The molecule has 1 atom stereocenters. The summed E-state index contributed by atoms with van der Waals surface area (Å²) in [5.74, 6) is -0.00650. The molecular formula is C16H23N3O3S. The third-order valence-corrected chi connectivity index (χ3v) is 6.52. The van der Waals surface area contributed by atoms with E-state index in [1.807, 2.05) is 7.05 Å². The van der Waals surface area contributed by atoms with E-state index in [9.17, 15) is 13.2 Å². The Hall–Kier alpha value is -1.44. The standard InChI is InChI=1S/C16H23N3O3S/c1-17-11-13-5-3-9-19(13)23(21,22)14-7-8-15-12(10-14)4-2-6-16(20)18-15/h7-8,10,13,17H,2-6,9,11H2,1H3,(H,18,20). The van der Waals surface area contributed by atoms with Crippen LogP contribution in [0, 0.1) is 0 Å². The molecule has 23 heavy (non-hydrogen) atoms. The van der Waals surface area contributed by atoms with Gasteiger partial charge >= 0.3 is 0 Å². The van der Waals surface area contributed by atoms with Crippen molar-refractivity contribution in [3.63, 3.8) is 0 Å². The van der Waals surface area contributed by atoms with Gasteiger partial charge in [0.15, 0.2) is 0 Å². The first-order valence-electron chi connectivity index (χ1n) is 8.11. The molecule has 2 N–H and O–H groups in total. The molecule has 1 saturated heterocycles. The number of amides is 1. The van der Waals surface area contributed by atoms with Crippen LogP contribution in [0.4, 0.5) is 5.69 Å². The van der Waals surface area contributed by atoms with Gasteiger partial charge in [0, 0.05) is 31.2 Å². The number of hydrogen-bond acceptors (Lipinski definition) is 4. The van der Waals surface area contributed by atoms with Crippen molar-refractivity contribution in [2.45, 2.75) is 43.0 Å². The second kappa shape index (κ2) is 6.59. The second-order valence-corrected chi connectivity index (χ2v) is 8.08. The third-order valence-electron chi connectivity index (χ3n) is 4.57. The summed E-state index contributed by atoms with van der Waals surface area (Å²) in [5.41, 5.74) is 1.64. The van der Waals surface area contributed by atoms with E-state index in [0.717, 1.165) is 36.9 Å². The van der Waals surface area contributed by atoms with Crippen LogP contribution in [0.15, 0.2) is 23.1 Å². The van der Waals surface area contributed by atoms with Gasteiger partial charge in [-0.15, -0.1) is 0 Å². The van der Waals surface area contributed by atoms with Gasteiger partial charge in [-0.05, 0) is 56.5 Å². The first-order valence-corrected chi connectivity index (χ1v) is 9.55. The molecule has 1 unspecified atom stereocenters. The van der Waals surface area contributed by atoms with Crippen LogP contribution in [0.3, 0.4) is 0 Å². The fourth-order valence-electron chi connectivity index (χ4n) is 3.41. The Morgan fingerprint density at radius 2 is 2.13 bits per heavy atom. The van der Waals surface area contributed by atoms with Crippen molar-refractivity contribution in [3.8, 4) is 0 Å². The first-order chi connectivity index (χ1) is 11.0. The Morgan fingerprint density at radius 3 is 2.91 bits per heavy atom. The lowest BCUT2D eigenvalue weighted by Crippen LogP contribution is -2.40. The summed E-state index contributed by atoms with van der Waals surface area (Å²) in [6.07, 6.45) is 3.73. The molecule has 7 heteroatoms. The number of carbonyl (C=O) groups excluding carboxylic acids is 1. The van der Waals surface area contributed by atoms with Crippen LogP contribution < -0.4 is 10.6 Å². The average Bonchev–Trinajstić information content (AvgIpc) is 2.90. The number of carbonyl (C=O) groups is 1. The molecule has 2 heterocycles. The van der Waals surface area contributed by atoms with Crippen molar-refractivity contribution in [2.24, 2.45) is 0 Å². The topological polar surface area (TPSA) is 78.5 Å². The maximum absolute atomic E-state index is 13.0. The lowest BCUT2D eigenvalue weighted by Gasteiger charge is -2.24. The van der Waals surface area contributed by atoms with Crippen molar-refractivity contribution >= 4 is 21.6 Å². The Morgan fingerprint density at radius 1 is 1.30 bits per heavy atom. The normalized spacial score (nSPS) is 22.5. The molecule has 126 valence electrons. The minimum Gasteiger partial charge on any atom is -0.326 e. The molecule has 2 aliphatic rings. The van der Waals surface area contributed by atoms with Crippen LogP contribution in [-0.2, 0) is 21.2 Å². The number of anilines is 1. The first kappa shape index (κ1) is 16.4. The zero-order valence-electron chi connectivity index (χ0n) is 13.3. The average molecular weight is 337 g/mol. The van der Waals surface area contributed by atoms with Gasteiger partial charge in [-0.3, -0.25) is 4.79 Å². The SMILES string of the molecule is CNCC1CCCN1S(=O)(=O)c1ccc2c(c1)CCCC(=O)N2. The van der Waals surface area contributed by atoms with Crippen LogP contribution in [0.5, 0.6) is 0 Å². The lowest BCUT2D eigenvalue weighted by molar-refractivity contribution is -0.116.